The van der Waals surface area contributed by atoms with Gasteiger partial charge in [0.1, 0.15) is 6.04 Å². The van der Waals surface area contributed by atoms with Crippen LogP contribution in [0, 0.1) is 0 Å². The van der Waals surface area contributed by atoms with E-state index in [2.05, 4.69) is 9.46 Å². The van der Waals surface area contributed by atoms with Crippen LogP contribution >= 0.6 is 0 Å². The van der Waals surface area contributed by atoms with Crippen molar-refractivity contribution in [3.05, 3.63) is 0 Å². The van der Waals surface area contributed by atoms with Crippen LogP contribution in [0.1, 0.15) is 19.8 Å². The van der Waals surface area contributed by atoms with Crippen molar-refractivity contribution < 1.29 is 17.9 Å². The van der Waals surface area contributed by atoms with Gasteiger partial charge < -0.3 is 4.74 Å². The quantitative estimate of drug-likeness (QED) is 0.638. The number of methoxy groups -OCH3 is 1. The lowest BCUT2D eigenvalue weighted by Gasteiger charge is -2.10. The van der Waals surface area contributed by atoms with Crippen LogP contribution in [0.3, 0.4) is 0 Å². The van der Waals surface area contributed by atoms with E-state index in [1.807, 2.05) is 0 Å². The van der Waals surface area contributed by atoms with Crippen LogP contribution in [0.4, 0.5) is 0 Å². The van der Waals surface area contributed by atoms with Crippen LogP contribution in [-0.4, -0.2) is 32.8 Å². The van der Waals surface area contributed by atoms with Crippen molar-refractivity contribution in [2.75, 3.05) is 7.11 Å². The van der Waals surface area contributed by atoms with Gasteiger partial charge in [0.15, 0.2) is 0 Å². The first kappa shape index (κ1) is 10.5. The number of nitrogens with one attached hydrogen (secondary N) is 1. The summed E-state index contributed by atoms with van der Waals surface area (Å²) in [6, 6.07) is -0.796. The van der Waals surface area contributed by atoms with E-state index in [-0.39, 0.29) is 5.25 Å². The van der Waals surface area contributed by atoms with Gasteiger partial charge in [0.05, 0.1) is 12.4 Å². The highest BCUT2D eigenvalue weighted by atomic mass is 32.2. The van der Waals surface area contributed by atoms with Crippen LogP contribution < -0.4 is 4.72 Å². The molecular weight excluding hydrogens is 194 g/mol. The number of carbonyl (C=O) groups excluding carboxylic acids is 1. The Morgan fingerprint density at radius 1 is 1.54 bits per heavy atom. The molecule has 1 fully saturated rings. The van der Waals surface area contributed by atoms with Crippen LogP contribution in [0.2, 0.25) is 0 Å². The fraction of sp³-hybridized carbons (Fsp3) is 0.857. The molecule has 1 aliphatic rings. The Bertz CT molecular complexity index is 294. The first-order chi connectivity index (χ1) is 5.97. The van der Waals surface area contributed by atoms with E-state index >= 15 is 0 Å². The largest absolute Gasteiger partial charge is 0.468 e. The van der Waals surface area contributed by atoms with Gasteiger partial charge in [-0.05, 0) is 19.8 Å². The lowest BCUT2D eigenvalue weighted by molar-refractivity contribution is -0.142. The monoisotopic (exact) mass is 207 g/mol. The molecule has 0 heterocycles. The zero-order valence-corrected chi connectivity index (χ0v) is 8.43. The summed E-state index contributed by atoms with van der Waals surface area (Å²) < 4.78 is 29.3. The zero-order chi connectivity index (χ0) is 10.1. The predicted molar refractivity (Wildman–Crippen MR) is 46.6 cm³/mol. The highest BCUT2D eigenvalue weighted by Gasteiger charge is 2.37. The Morgan fingerprint density at radius 2 is 2.08 bits per heavy atom. The van der Waals surface area contributed by atoms with Crippen LogP contribution in [-0.2, 0) is 19.6 Å². The minimum absolute atomic E-state index is 0.306. The number of esters is 1. The average Bonchev–Trinajstić information content (AvgIpc) is 2.84. The average molecular weight is 207 g/mol. The van der Waals surface area contributed by atoms with Crippen molar-refractivity contribution in [3.8, 4) is 0 Å². The molecule has 76 valence electrons. The molecule has 0 amide bonds. The third kappa shape index (κ3) is 2.67. The van der Waals surface area contributed by atoms with E-state index < -0.39 is 22.0 Å². The van der Waals surface area contributed by atoms with Gasteiger partial charge >= 0.3 is 5.97 Å². The summed E-state index contributed by atoms with van der Waals surface area (Å²) in [5, 5.41) is -0.306. The first-order valence-corrected chi connectivity index (χ1v) is 5.61. The van der Waals surface area contributed by atoms with Crippen molar-refractivity contribution in [2.24, 2.45) is 0 Å². The normalized spacial score (nSPS) is 19.5. The molecule has 1 saturated carbocycles. The third-order valence-corrected chi connectivity index (χ3v) is 3.89. The number of sulfonamides is 1. The molecule has 1 atom stereocenters. The second-order valence-corrected chi connectivity index (χ2v) is 5.10. The van der Waals surface area contributed by atoms with Crippen LogP contribution in [0.5, 0.6) is 0 Å². The standard InChI is InChI=1S/C7H13NO4S/c1-5(7(9)12-2)8-13(10,11)6-3-4-6/h5-6,8H,3-4H2,1-2H3. The summed E-state index contributed by atoms with van der Waals surface area (Å²) in [6.45, 7) is 1.46. The molecule has 0 aliphatic heterocycles. The molecule has 5 nitrogen and oxygen atoms in total. The van der Waals surface area contributed by atoms with Crippen molar-refractivity contribution in [1.29, 1.82) is 0 Å². The lowest BCUT2D eigenvalue weighted by atomic mass is 10.4. The van der Waals surface area contributed by atoms with Crippen molar-refractivity contribution in [3.63, 3.8) is 0 Å². The summed E-state index contributed by atoms with van der Waals surface area (Å²) in [5.74, 6) is -0.566. The molecule has 0 spiro atoms. The highest BCUT2D eigenvalue weighted by Crippen LogP contribution is 2.27. The van der Waals surface area contributed by atoms with Crippen LogP contribution in [0.15, 0.2) is 0 Å². The molecule has 0 radical (unpaired) electrons. The molecule has 0 aromatic rings. The SMILES string of the molecule is COC(=O)C(C)NS(=O)(=O)C1CC1. The Labute approximate surface area is 77.5 Å². The molecular formula is C7H13NO4S. The zero-order valence-electron chi connectivity index (χ0n) is 7.61. The van der Waals surface area contributed by atoms with E-state index in [9.17, 15) is 13.2 Å². The molecule has 1 aliphatic carbocycles. The minimum atomic E-state index is -3.29. The van der Waals surface area contributed by atoms with E-state index in [1.54, 1.807) is 0 Å². The van der Waals surface area contributed by atoms with Crippen molar-refractivity contribution in [1.82, 2.24) is 4.72 Å². The molecule has 1 rings (SSSR count). The van der Waals surface area contributed by atoms with Gasteiger partial charge in [-0.25, -0.2) is 13.1 Å². The van der Waals surface area contributed by atoms with Crippen molar-refractivity contribution in [2.45, 2.75) is 31.1 Å². The number of carbonyl (C=O) groups is 1. The maximum Gasteiger partial charge on any atom is 0.323 e. The first-order valence-electron chi connectivity index (χ1n) is 4.06. The predicted octanol–water partition coefficient (Wildman–Crippen LogP) is -0.370. The topological polar surface area (TPSA) is 72.5 Å². The van der Waals surface area contributed by atoms with Gasteiger partial charge in [0, 0.05) is 0 Å². The Balaban J connectivity index is 2.52. The van der Waals surface area contributed by atoms with Crippen molar-refractivity contribution >= 4 is 16.0 Å². The van der Waals surface area contributed by atoms with Gasteiger partial charge in [-0.1, -0.05) is 0 Å². The maximum absolute atomic E-state index is 11.3. The molecule has 1 unspecified atom stereocenters. The van der Waals surface area contributed by atoms with Crippen LogP contribution in [0.25, 0.3) is 0 Å². The van der Waals surface area contributed by atoms with Gasteiger partial charge in [-0.2, -0.15) is 0 Å². The number of hydrogen-bond donors (Lipinski definition) is 1. The molecule has 1 N–H and O–H groups in total. The molecule has 6 heteroatoms. The lowest BCUT2D eigenvalue weighted by Crippen LogP contribution is -2.40. The third-order valence-electron chi connectivity index (χ3n) is 1.86. The smallest absolute Gasteiger partial charge is 0.323 e. The fourth-order valence-electron chi connectivity index (χ4n) is 0.946. The number of hydrogen-bond acceptors (Lipinski definition) is 4. The fourth-order valence-corrected chi connectivity index (χ4v) is 2.48. The molecule has 0 bridgehead atoms. The molecule has 0 aromatic carbocycles. The van der Waals surface area contributed by atoms with Gasteiger partial charge in [-0.15, -0.1) is 0 Å². The van der Waals surface area contributed by atoms with E-state index in [0.717, 1.165) is 0 Å². The number of ether oxygens (including phenoxy) is 1. The molecule has 0 aromatic heterocycles. The van der Waals surface area contributed by atoms with Gasteiger partial charge in [-0.3, -0.25) is 4.79 Å². The van der Waals surface area contributed by atoms with Gasteiger partial charge in [0.25, 0.3) is 0 Å². The number of rotatable bonds is 4. The Hall–Kier alpha value is -0.620. The second kappa shape index (κ2) is 3.63. The van der Waals surface area contributed by atoms with Gasteiger partial charge in [0.2, 0.25) is 10.0 Å². The molecule has 13 heavy (non-hydrogen) atoms. The summed E-state index contributed by atoms with van der Waals surface area (Å²) in [6.07, 6.45) is 1.37. The Kier molecular flexibility index (Phi) is 2.92. The van der Waals surface area contributed by atoms with E-state index in [1.165, 1.54) is 14.0 Å². The summed E-state index contributed by atoms with van der Waals surface area (Å²) >= 11 is 0. The molecule has 0 saturated heterocycles. The van der Waals surface area contributed by atoms with E-state index in [4.69, 9.17) is 0 Å². The summed E-state index contributed by atoms with van der Waals surface area (Å²) in [4.78, 5) is 10.9. The highest BCUT2D eigenvalue weighted by molar-refractivity contribution is 7.90. The van der Waals surface area contributed by atoms with E-state index in [0.29, 0.717) is 12.8 Å². The summed E-state index contributed by atoms with van der Waals surface area (Å²) in [7, 11) is -2.07. The maximum atomic E-state index is 11.3. The Morgan fingerprint density at radius 3 is 2.46 bits per heavy atom. The second-order valence-electron chi connectivity index (χ2n) is 3.11. The summed E-state index contributed by atoms with van der Waals surface area (Å²) in [5.41, 5.74) is 0. The minimum Gasteiger partial charge on any atom is -0.468 e.